The zero-order valence-corrected chi connectivity index (χ0v) is 12.4. The van der Waals surface area contributed by atoms with Gasteiger partial charge in [0.1, 0.15) is 17.5 Å². The highest BCUT2D eigenvalue weighted by Crippen LogP contribution is 2.64. The smallest absolute Gasteiger partial charge is 0.219 e. The lowest BCUT2D eigenvalue weighted by Gasteiger charge is -2.47. The summed E-state index contributed by atoms with van der Waals surface area (Å²) in [5.74, 6) is 0.953. The molecular formula is C17H20O4. The van der Waals surface area contributed by atoms with Crippen molar-refractivity contribution in [3.8, 4) is 5.75 Å². The molecule has 3 aliphatic rings. The van der Waals surface area contributed by atoms with Crippen molar-refractivity contribution >= 4 is 5.78 Å². The number of rotatable bonds is 2. The third-order valence-electron chi connectivity index (χ3n) is 5.59. The fourth-order valence-corrected chi connectivity index (χ4v) is 4.31. The Morgan fingerprint density at radius 1 is 1.19 bits per heavy atom. The normalized spacial score (nSPS) is 41.1. The molecule has 2 saturated heterocycles. The molecular weight excluding hydrogens is 268 g/mol. The SMILES string of the molecule is COc1ccc([C@H]2O[C@H]3O[C@@]24CCCC[C@]4(C)C3=O)cc1. The van der Waals surface area contributed by atoms with E-state index in [2.05, 4.69) is 6.92 Å². The monoisotopic (exact) mass is 288 g/mol. The summed E-state index contributed by atoms with van der Waals surface area (Å²) in [6, 6.07) is 7.90. The van der Waals surface area contributed by atoms with Crippen LogP contribution in [0.1, 0.15) is 44.3 Å². The summed E-state index contributed by atoms with van der Waals surface area (Å²) in [5.41, 5.74) is 0.180. The summed E-state index contributed by atoms with van der Waals surface area (Å²) in [6.45, 7) is 2.06. The molecule has 4 atom stereocenters. The summed E-state index contributed by atoms with van der Waals surface area (Å²) in [5, 5.41) is 0. The number of carbonyl (C=O) groups excluding carboxylic acids is 1. The van der Waals surface area contributed by atoms with Crippen LogP contribution >= 0.6 is 0 Å². The van der Waals surface area contributed by atoms with E-state index < -0.39 is 17.3 Å². The molecule has 112 valence electrons. The van der Waals surface area contributed by atoms with Gasteiger partial charge in [-0.3, -0.25) is 4.79 Å². The van der Waals surface area contributed by atoms with Crippen LogP contribution in [0.5, 0.6) is 5.75 Å². The van der Waals surface area contributed by atoms with Crippen LogP contribution in [-0.2, 0) is 14.3 Å². The van der Waals surface area contributed by atoms with E-state index in [0.717, 1.165) is 37.0 Å². The van der Waals surface area contributed by atoms with Crippen LogP contribution in [-0.4, -0.2) is 24.8 Å². The zero-order chi connectivity index (χ0) is 14.7. The molecule has 21 heavy (non-hydrogen) atoms. The van der Waals surface area contributed by atoms with E-state index in [-0.39, 0.29) is 11.9 Å². The van der Waals surface area contributed by atoms with Gasteiger partial charge in [-0.15, -0.1) is 0 Å². The maximum atomic E-state index is 12.5. The third kappa shape index (κ3) is 1.55. The molecule has 4 nitrogen and oxygen atoms in total. The van der Waals surface area contributed by atoms with Crippen molar-refractivity contribution in [2.75, 3.05) is 7.11 Å². The number of ketones is 1. The first kappa shape index (κ1) is 13.3. The second kappa shape index (κ2) is 4.31. The highest BCUT2D eigenvalue weighted by atomic mass is 16.8. The van der Waals surface area contributed by atoms with Crippen LogP contribution in [0.15, 0.2) is 24.3 Å². The first-order chi connectivity index (χ1) is 10.1. The van der Waals surface area contributed by atoms with Crippen LogP contribution in [0, 0.1) is 5.41 Å². The van der Waals surface area contributed by atoms with Gasteiger partial charge in [-0.2, -0.15) is 0 Å². The Bertz CT molecular complexity index is 581. The molecule has 4 heteroatoms. The van der Waals surface area contributed by atoms with Gasteiger partial charge in [-0.05, 0) is 37.5 Å². The number of methoxy groups -OCH3 is 1. The predicted molar refractivity (Wildman–Crippen MR) is 76.0 cm³/mol. The molecule has 0 unspecified atom stereocenters. The average molecular weight is 288 g/mol. The fourth-order valence-electron chi connectivity index (χ4n) is 4.31. The summed E-state index contributed by atoms with van der Waals surface area (Å²) in [4.78, 5) is 12.5. The molecule has 4 rings (SSSR count). The number of Topliss-reactive ketones (excluding diaryl/α,β-unsaturated/α-hetero) is 1. The standard InChI is InChI=1S/C17H20O4/c1-16-9-3-4-10-17(16)14(20-15(21-17)13(16)18)11-5-7-12(19-2)8-6-11/h5-8,14-15H,3-4,9-10H2,1-2H3/t14-,15+,16-,17+/m1/s1. The molecule has 1 aliphatic carbocycles. The summed E-state index contributed by atoms with van der Waals surface area (Å²) in [6.07, 6.45) is 3.14. The van der Waals surface area contributed by atoms with Crippen molar-refractivity contribution in [1.29, 1.82) is 0 Å². The van der Waals surface area contributed by atoms with E-state index in [1.807, 2.05) is 24.3 Å². The minimum absolute atomic E-state index is 0.131. The van der Waals surface area contributed by atoms with Gasteiger partial charge in [0.05, 0.1) is 12.5 Å². The first-order valence-corrected chi connectivity index (χ1v) is 7.62. The Balaban J connectivity index is 1.75. The number of fused-ring (bicyclic) bond motifs is 1. The third-order valence-corrected chi connectivity index (χ3v) is 5.59. The quantitative estimate of drug-likeness (QED) is 0.839. The van der Waals surface area contributed by atoms with Crippen LogP contribution in [0.4, 0.5) is 0 Å². The van der Waals surface area contributed by atoms with Gasteiger partial charge in [0.15, 0.2) is 5.78 Å². The molecule has 1 aromatic rings. The lowest BCUT2D eigenvalue weighted by atomic mass is 9.59. The molecule has 2 aliphatic heterocycles. The Morgan fingerprint density at radius 3 is 2.62 bits per heavy atom. The minimum Gasteiger partial charge on any atom is -0.497 e. The molecule has 2 heterocycles. The summed E-state index contributed by atoms with van der Waals surface area (Å²) in [7, 11) is 1.65. The van der Waals surface area contributed by atoms with Gasteiger partial charge in [0, 0.05) is 0 Å². The molecule has 0 amide bonds. The molecule has 1 aromatic carbocycles. The van der Waals surface area contributed by atoms with Crippen LogP contribution in [0.3, 0.4) is 0 Å². The Labute approximate surface area is 124 Å². The van der Waals surface area contributed by atoms with Crippen molar-refractivity contribution in [1.82, 2.24) is 0 Å². The van der Waals surface area contributed by atoms with E-state index >= 15 is 0 Å². The van der Waals surface area contributed by atoms with Crippen molar-refractivity contribution < 1.29 is 19.0 Å². The topological polar surface area (TPSA) is 44.8 Å². The highest BCUT2D eigenvalue weighted by molar-refractivity contribution is 5.92. The van der Waals surface area contributed by atoms with Crippen LogP contribution in [0.25, 0.3) is 0 Å². The van der Waals surface area contributed by atoms with E-state index in [1.165, 1.54) is 0 Å². The Hall–Kier alpha value is -1.39. The Morgan fingerprint density at radius 2 is 1.90 bits per heavy atom. The second-order valence-electron chi connectivity index (χ2n) is 6.53. The van der Waals surface area contributed by atoms with Gasteiger partial charge in [0.25, 0.3) is 0 Å². The fraction of sp³-hybridized carbons (Fsp3) is 0.588. The molecule has 0 N–H and O–H groups in total. The van der Waals surface area contributed by atoms with E-state index in [1.54, 1.807) is 7.11 Å². The van der Waals surface area contributed by atoms with E-state index in [0.29, 0.717) is 0 Å². The first-order valence-electron chi connectivity index (χ1n) is 7.62. The largest absolute Gasteiger partial charge is 0.497 e. The number of ether oxygens (including phenoxy) is 3. The van der Waals surface area contributed by atoms with Gasteiger partial charge < -0.3 is 14.2 Å². The van der Waals surface area contributed by atoms with Gasteiger partial charge in [-0.1, -0.05) is 25.0 Å². The molecule has 0 radical (unpaired) electrons. The minimum atomic E-state index is -0.680. The lowest BCUT2D eigenvalue weighted by molar-refractivity contribution is -0.153. The number of benzene rings is 1. The van der Waals surface area contributed by atoms with E-state index in [9.17, 15) is 4.79 Å². The van der Waals surface area contributed by atoms with Crippen molar-refractivity contribution in [3.05, 3.63) is 29.8 Å². The van der Waals surface area contributed by atoms with Crippen molar-refractivity contribution in [3.63, 3.8) is 0 Å². The predicted octanol–water partition coefficient (Wildman–Crippen LogP) is 3.01. The van der Waals surface area contributed by atoms with Gasteiger partial charge in [0.2, 0.25) is 6.29 Å². The van der Waals surface area contributed by atoms with Crippen molar-refractivity contribution in [2.24, 2.45) is 5.41 Å². The van der Waals surface area contributed by atoms with Gasteiger partial charge in [-0.25, -0.2) is 0 Å². The van der Waals surface area contributed by atoms with Crippen LogP contribution < -0.4 is 4.74 Å². The zero-order valence-electron chi connectivity index (χ0n) is 12.4. The molecule has 3 fully saturated rings. The van der Waals surface area contributed by atoms with Gasteiger partial charge >= 0.3 is 0 Å². The molecule has 1 spiro atoms. The average Bonchev–Trinajstić information content (AvgIpc) is 2.99. The van der Waals surface area contributed by atoms with Crippen molar-refractivity contribution in [2.45, 2.75) is 50.6 Å². The maximum absolute atomic E-state index is 12.5. The summed E-state index contributed by atoms with van der Waals surface area (Å²) < 4.78 is 17.3. The van der Waals surface area contributed by atoms with Crippen LogP contribution in [0.2, 0.25) is 0 Å². The Kier molecular flexibility index (Phi) is 2.72. The molecule has 2 bridgehead atoms. The maximum Gasteiger partial charge on any atom is 0.219 e. The lowest BCUT2D eigenvalue weighted by Crippen LogP contribution is -2.54. The molecule has 1 saturated carbocycles. The number of carbonyl (C=O) groups is 1. The number of hydrogen-bond donors (Lipinski definition) is 0. The molecule has 0 aromatic heterocycles. The second-order valence-corrected chi connectivity index (χ2v) is 6.53. The van der Waals surface area contributed by atoms with E-state index in [4.69, 9.17) is 14.2 Å². The highest BCUT2D eigenvalue weighted by Gasteiger charge is 2.72. The number of hydrogen-bond acceptors (Lipinski definition) is 4. The summed E-state index contributed by atoms with van der Waals surface area (Å²) >= 11 is 0.